The van der Waals surface area contributed by atoms with E-state index in [9.17, 15) is 19.8 Å². The van der Waals surface area contributed by atoms with Gasteiger partial charge in [-0.15, -0.1) is 0 Å². The molecule has 0 spiro atoms. The Balaban J connectivity index is 2.19. The smallest absolute Gasteiger partial charge is 0.295 e. The van der Waals surface area contributed by atoms with Crippen molar-refractivity contribution in [3.8, 4) is 5.75 Å². The van der Waals surface area contributed by atoms with Crippen molar-refractivity contribution in [2.75, 3.05) is 6.54 Å². The van der Waals surface area contributed by atoms with Crippen molar-refractivity contribution in [2.45, 2.75) is 19.9 Å². The van der Waals surface area contributed by atoms with E-state index in [1.807, 2.05) is 13.8 Å². The predicted molar refractivity (Wildman–Crippen MR) is 103 cm³/mol. The zero-order valence-electron chi connectivity index (χ0n) is 15.0. The zero-order valence-corrected chi connectivity index (χ0v) is 15.8. The predicted octanol–water partition coefficient (Wildman–Crippen LogP) is 4.12. The number of carbonyl (C=O) groups is 2. The van der Waals surface area contributed by atoms with Crippen molar-refractivity contribution in [1.82, 2.24) is 4.90 Å². The molecule has 0 aliphatic carbocycles. The van der Waals surface area contributed by atoms with Crippen LogP contribution in [0.3, 0.4) is 0 Å². The standard InChI is InChI=1S/C21H20ClNO4/c1-12(2)11-23-18(14-4-3-5-16(24)10-14)17(20(26)21(23)27)19(25)13-6-8-15(22)9-7-13/h3-10,12,18,24-25H,11H2,1-2H3/b19-17+. The van der Waals surface area contributed by atoms with Gasteiger partial charge in [0.1, 0.15) is 11.5 Å². The molecule has 0 aromatic heterocycles. The van der Waals surface area contributed by atoms with Crippen LogP contribution in [-0.4, -0.2) is 33.3 Å². The number of ketones is 1. The zero-order chi connectivity index (χ0) is 19.7. The molecule has 1 aliphatic heterocycles. The summed E-state index contributed by atoms with van der Waals surface area (Å²) in [6, 6.07) is 12.0. The van der Waals surface area contributed by atoms with Gasteiger partial charge in [-0.05, 0) is 47.9 Å². The second-order valence-corrected chi connectivity index (χ2v) is 7.38. The van der Waals surface area contributed by atoms with E-state index < -0.39 is 17.7 Å². The SMILES string of the molecule is CC(C)CN1C(=O)C(=O)/C(=C(/O)c2ccc(Cl)cc2)C1c1cccc(O)c1. The van der Waals surface area contributed by atoms with Gasteiger partial charge in [0.25, 0.3) is 11.7 Å². The summed E-state index contributed by atoms with van der Waals surface area (Å²) in [4.78, 5) is 26.9. The number of rotatable bonds is 4. The second kappa shape index (κ2) is 7.45. The Hall–Kier alpha value is -2.79. The Morgan fingerprint density at radius 2 is 1.81 bits per heavy atom. The third-order valence-electron chi connectivity index (χ3n) is 4.41. The number of aliphatic hydroxyl groups excluding tert-OH is 1. The molecule has 1 aliphatic rings. The molecule has 1 saturated heterocycles. The van der Waals surface area contributed by atoms with Crippen LogP contribution in [0.5, 0.6) is 5.75 Å². The fraction of sp³-hybridized carbons (Fsp3) is 0.238. The lowest BCUT2D eigenvalue weighted by Gasteiger charge is -2.27. The van der Waals surface area contributed by atoms with Crippen LogP contribution in [0.2, 0.25) is 5.02 Å². The Morgan fingerprint density at radius 3 is 2.41 bits per heavy atom. The molecule has 1 amide bonds. The molecule has 5 nitrogen and oxygen atoms in total. The lowest BCUT2D eigenvalue weighted by molar-refractivity contribution is -0.140. The number of phenolic OH excluding ortho intramolecular Hbond substituents is 1. The van der Waals surface area contributed by atoms with E-state index >= 15 is 0 Å². The molecule has 6 heteroatoms. The largest absolute Gasteiger partial charge is 0.508 e. The van der Waals surface area contributed by atoms with Gasteiger partial charge in [-0.1, -0.05) is 37.6 Å². The third-order valence-corrected chi connectivity index (χ3v) is 4.66. The fourth-order valence-corrected chi connectivity index (χ4v) is 3.39. The Morgan fingerprint density at radius 1 is 1.15 bits per heavy atom. The first-order valence-corrected chi connectivity index (χ1v) is 9.00. The highest BCUT2D eigenvalue weighted by Crippen LogP contribution is 2.40. The molecule has 1 heterocycles. The number of amides is 1. The number of phenols is 1. The minimum atomic E-state index is -0.768. The van der Waals surface area contributed by atoms with Gasteiger partial charge in [-0.3, -0.25) is 9.59 Å². The number of hydrogen-bond donors (Lipinski definition) is 2. The Bertz CT molecular complexity index is 918. The van der Waals surface area contributed by atoms with Crippen molar-refractivity contribution in [3.05, 3.63) is 70.3 Å². The minimum absolute atomic E-state index is 0.00794. The molecule has 2 N–H and O–H groups in total. The number of aliphatic hydroxyl groups is 1. The number of halogens is 1. The molecule has 0 saturated carbocycles. The highest BCUT2D eigenvalue weighted by Gasteiger charge is 2.46. The summed E-state index contributed by atoms with van der Waals surface area (Å²) in [6.45, 7) is 4.23. The van der Waals surface area contributed by atoms with Gasteiger partial charge < -0.3 is 15.1 Å². The lowest BCUT2D eigenvalue weighted by atomic mass is 9.95. The van der Waals surface area contributed by atoms with Crippen LogP contribution in [0.1, 0.15) is 31.0 Å². The summed E-state index contributed by atoms with van der Waals surface area (Å²) >= 11 is 5.90. The van der Waals surface area contributed by atoms with Crippen LogP contribution in [0.4, 0.5) is 0 Å². The summed E-state index contributed by atoms with van der Waals surface area (Å²) in [5.74, 6) is -1.51. The van der Waals surface area contributed by atoms with Crippen LogP contribution in [-0.2, 0) is 9.59 Å². The number of aromatic hydroxyl groups is 1. The summed E-state index contributed by atoms with van der Waals surface area (Å²) < 4.78 is 0. The van der Waals surface area contributed by atoms with Crippen molar-refractivity contribution in [3.63, 3.8) is 0 Å². The van der Waals surface area contributed by atoms with Crippen molar-refractivity contribution in [2.24, 2.45) is 5.92 Å². The first kappa shape index (κ1) is 19.0. The van der Waals surface area contributed by atoms with Gasteiger partial charge in [0, 0.05) is 17.1 Å². The van der Waals surface area contributed by atoms with Crippen LogP contribution in [0.15, 0.2) is 54.1 Å². The molecule has 2 aromatic rings. The molecule has 1 atom stereocenters. The van der Waals surface area contributed by atoms with Gasteiger partial charge in [-0.25, -0.2) is 0 Å². The van der Waals surface area contributed by atoms with E-state index in [4.69, 9.17) is 11.6 Å². The van der Waals surface area contributed by atoms with E-state index in [1.165, 1.54) is 17.0 Å². The summed E-state index contributed by atoms with van der Waals surface area (Å²) in [5.41, 5.74) is 0.964. The molecule has 27 heavy (non-hydrogen) atoms. The number of nitrogens with zero attached hydrogens (tertiary/aromatic N) is 1. The molecule has 0 radical (unpaired) electrons. The highest BCUT2D eigenvalue weighted by molar-refractivity contribution is 6.46. The number of hydrogen-bond acceptors (Lipinski definition) is 4. The number of likely N-dealkylation sites (tertiary alicyclic amines) is 1. The Labute approximate surface area is 162 Å². The molecule has 140 valence electrons. The van der Waals surface area contributed by atoms with Gasteiger partial charge in [0.15, 0.2) is 0 Å². The number of benzene rings is 2. The van der Waals surface area contributed by atoms with Crippen LogP contribution in [0.25, 0.3) is 5.76 Å². The minimum Gasteiger partial charge on any atom is -0.508 e. The summed E-state index contributed by atoms with van der Waals surface area (Å²) in [5, 5.41) is 21.2. The van der Waals surface area contributed by atoms with E-state index in [-0.39, 0.29) is 23.0 Å². The van der Waals surface area contributed by atoms with E-state index in [0.717, 1.165) is 0 Å². The van der Waals surface area contributed by atoms with E-state index in [1.54, 1.807) is 36.4 Å². The first-order valence-electron chi connectivity index (χ1n) is 8.63. The molecular weight excluding hydrogens is 366 g/mol. The molecule has 1 unspecified atom stereocenters. The van der Waals surface area contributed by atoms with Gasteiger partial charge in [0.05, 0.1) is 11.6 Å². The maximum absolute atomic E-state index is 12.7. The molecule has 1 fully saturated rings. The maximum atomic E-state index is 12.7. The molecule has 2 aromatic carbocycles. The monoisotopic (exact) mass is 385 g/mol. The Kier molecular flexibility index (Phi) is 5.24. The van der Waals surface area contributed by atoms with Crippen molar-refractivity contribution >= 4 is 29.1 Å². The first-order chi connectivity index (χ1) is 12.8. The van der Waals surface area contributed by atoms with Crippen LogP contribution < -0.4 is 0 Å². The van der Waals surface area contributed by atoms with E-state index in [2.05, 4.69) is 0 Å². The van der Waals surface area contributed by atoms with Crippen molar-refractivity contribution < 1.29 is 19.8 Å². The van der Waals surface area contributed by atoms with Crippen LogP contribution in [0, 0.1) is 5.92 Å². The number of carbonyl (C=O) groups excluding carboxylic acids is 2. The quantitative estimate of drug-likeness (QED) is 0.471. The van der Waals surface area contributed by atoms with Crippen molar-refractivity contribution in [1.29, 1.82) is 0 Å². The van der Waals surface area contributed by atoms with Gasteiger partial charge in [-0.2, -0.15) is 0 Å². The summed E-state index contributed by atoms with van der Waals surface area (Å²) in [7, 11) is 0. The summed E-state index contributed by atoms with van der Waals surface area (Å²) in [6.07, 6.45) is 0. The normalized spacial score (nSPS) is 19.1. The third kappa shape index (κ3) is 3.69. The topological polar surface area (TPSA) is 77.8 Å². The maximum Gasteiger partial charge on any atom is 0.295 e. The lowest BCUT2D eigenvalue weighted by Crippen LogP contribution is -2.33. The number of Topliss-reactive ketones (excluding diaryl/α,β-unsaturated/α-hetero) is 1. The van der Waals surface area contributed by atoms with Crippen LogP contribution >= 0.6 is 11.6 Å². The molecular formula is C21H20ClNO4. The average molecular weight is 386 g/mol. The fourth-order valence-electron chi connectivity index (χ4n) is 3.27. The molecule has 0 bridgehead atoms. The van der Waals surface area contributed by atoms with Gasteiger partial charge in [0.2, 0.25) is 0 Å². The highest BCUT2D eigenvalue weighted by atomic mass is 35.5. The van der Waals surface area contributed by atoms with E-state index in [0.29, 0.717) is 22.7 Å². The van der Waals surface area contributed by atoms with Gasteiger partial charge >= 0.3 is 0 Å². The average Bonchev–Trinajstić information content (AvgIpc) is 2.86. The second-order valence-electron chi connectivity index (χ2n) is 6.95. The molecule has 3 rings (SSSR count).